The minimum absolute atomic E-state index is 0.101. The summed E-state index contributed by atoms with van der Waals surface area (Å²) in [4.78, 5) is 0.690. The predicted octanol–water partition coefficient (Wildman–Crippen LogP) is 2.99. The first-order chi connectivity index (χ1) is 9.28. The Kier molecular flexibility index (Phi) is 6.07. The molecule has 0 spiro atoms. The van der Waals surface area contributed by atoms with Crippen LogP contribution in [0.1, 0.15) is 0 Å². The van der Waals surface area contributed by atoms with E-state index in [1.54, 1.807) is 0 Å². The van der Waals surface area contributed by atoms with Crippen LogP contribution in [0.2, 0.25) is 0 Å². The van der Waals surface area contributed by atoms with Gasteiger partial charge in [-0.05, 0) is 24.3 Å². The van der Waals surface area contributed by atoms with Crippen molar-refractivity contribution >= 4 is 27.1 Å². The number of alkyl halides is 5. The van der Waals surface area contributed by atoms with Crippen molar-refractivity contribution in [1.82, 2.24) is 0 Å². The SMILES string of the molecule is O=S(=O)(c1ccc(N(CCCl)CC(F)F)cc1)C(F)F. The second kappa shape index (κ2) is 7.12. The number of rotatable bonds is 7. The zero-order valence-electron chi connectivity index (χ0n) is 10.1. The summed E-state index contributed by atoms with van der Waals surface area (Å²) in [6.45, 7) is -0.444. The Labute approximate surface area is 119 Å². The Balaban J connectivity index is 2.99. The maximum Gasteiger partial charge on any atom is 0.341 e. The van der Waals surface area contributed by atoms with E-state index in [4.69, 9.17) is 11.6 Å². The highest BCUT2D eigenvalue weighted by Crippen LogP contribution is 2.22. The fourth-order valence-corrected chi connectivity index (χ4v) is 2.47. The van der Waals surface area contributed by atoms with Gasteiger partial charge in [0, 0.05) is 18.1 Å². The van der Waals surface area contributed by atoms with Crippen LogP contribution in [0, 0.1) is 0 Å². The molecule has 0 aliphatic heterocycles. The molecule has 0 unspecified atom stereocenters. The van der Waals surface area contributed by atoms with Gasteiger partial charge in [0.15, 0.2) is 0 Å². The van der Waals surface area contributed by atoms with Crippen LogP contribution < -0.4 is 4.90 Å². The molecule has 0 fully saturated rings. The molecule has 114 valence electrons. The average Bonchev–Trinajstić information content (AvgIpc) is 2.37. The molecule has 0 saturated carbocycles. The smallest absolute Gasteiger partial charge is 0.341 e. The van der Waals surface area contributed by atoms with Gasteiger partial charge in [-0.3, -0.25) is 0 Å². The Morgan fingerprint density at radius 3 is 2.05 bits per heavy atom. The molecular formula is C11H12ClF4NO2S. The van der Waals surface area contributed by atoms with Crippen molar-refractivity contribution in [2.45, 2.75) is 17.1 Å². The van der Waals surface area contributed by atoms with Gasteiger partial charge in [-0.1, -0.05) is 0 Å². The number of nitrogens with zero attached hydrogens (tertiary/aromatic N) is 1. The largest absolute Gasteiger partial charge is 0.365 e. The molecule has 1 aromatic rings. The summed E-state index contributed by atoms with van der Waals surface area (Å²) >= 11 is 5.49. The van der Waals surface area contributed by atoms with E-state index in [0.29, 0.717) is 5.69 Å². The quantitative estimate of drug-likeness (QED) is 0.568. The maximum atomic E-state index is 12.4. The zero-order valence-corrected chi connectivity index (χ0v) is 11.7. The molecule has 0 heterocycles. The van der Waals surface area contributed by atoms with Crippen molar-refractivity contribution < 1.29 is 26.0 Å². The minimum atomic E-state index is -4.68. The van der Waals surface area contributed by atoms with Gasteiger partial charge in [0.25, 0.3) is 6.43 Å². The summed E-state index contributed by atoms with van der Waals surface area (Å²) in [7, 11) is -4.68. The summed E-state index contributed by atoms with van der Waals surface area (Å²) in [5.74, 6) is -3.42. The van der Waals surface area contributed by atoms with Gasteiger partial charge in [0.1, 0.15) is 0 Å². The first-order valence-corrected chi connectivity index (χ1v) is 7.58. The van der Waals surface area contributed by atoms with Crippen molar-refractivity contribution in [1.29, 1.82) is 0 Å². The molecule has 1 aromatic carbocycles. The lowest BCUT2D eigenvalue weighted by Crippen LogP contribution is -2.30. The third kappa shape index (κ3) is 4.24. The monoisotopic (exact) mass is 333 g/mol. The molecule has 0 amide bonds. The van der Waals surface area contributed by atoms with E-state index in [1.165, 1.54) is 17.0 Å². The van der Waals surface area contributed by atoms with Gasteiger partial charge < -0.3 is 4.90 Å². The number of hydrogen-bond acceptors (Lipinski definition) is 3. The highest BCUT2D eigenvalue weighted by atomic mass is 35.5. The molecule has 0 bridgehead atoms. The number of halogens is 5. The third-order valence-corrected chi connectivity index (χ3v) is 4.05. The molecule has 9 heteroatoms. The third-order valence-electron chi connectivity index (χ3n) is 2.48. The van der Waals surface area contributed by atoms with E-state index in [0.717, 1.165) is 12.1 Å². The molecule has 0 atom stereocenters. The number of hydrogen-bond donors (Lipinski definition) is 0. The van der Waals surface area contributed by atoms with E-state index in [1.807, 2.05) is 0 Å². The lowest BCUT2D eigenvalue weighted by molar-refractivity contribution is 0.155. The van der Waals surface area contributed by atoms with Crippen LogP contribution in [-0.4, -0.2) is 39.6 Å². The molecule has 20 heavy (non-hydrogen) atoms. The van der Waals surface area contributed by atoms with Crippen molar-refractivity contribution in [3.63, 3.8) is 0 Å². The first kappa shape index (κ1) is 17.0. The Morgan fingerprint density at radius 2 is 1.65 bits per heavy atom. The number of anilines is 1. The molecule has 0 aliphatic carbocycles. The molecule has 0 aliphatic rings. The van der Waals surface area contributed by atoms with Crippen molar-refractivity contribution in [3.05, 3.63) is 24.3 Å². The first-order valence-electron chi connectivity index (χ1n) is 5.50. The number of sulfone groups is 1. The summed E-state index contributed by atoms with van der Waals surface area (Å²) in [6, 6.07) is 4.32. The standard InChI is InChI=1S/C11H12ClF4NO2S/c12-5-6-17(7-10(13)14)8-1-3-9(4-2-8)20(18,19)11(15)16/h1-4,10-11H,5-7H2. The minimum Gasteiger partial charge on any atom is -0.365 e. The summed E-state index contributed by atoms with van der Waals surface area (Å²) < 4.78 is 71.9. The van der Waals surface area contributed by atoms with Gasteiger partial charge in [-0.25, -0.2) is 17.2 Å². The summed E-state index contributed by atoms with van der Waals surface area (Å²) in [5, 5.41) is 0. The molecule has 0 radical (unpaired) electrons. The van der Waals surface area contributed by atoms with Gasteiger partial charge in [-0.15, -0.1) is 11.6 Å². The van der Waals surface area contributed by atoms with Crippen molar-refractivity contribution in [3.8, 4) is 0 Å². The lowest BCUT2D eigenvalue weighted by atomic mass is 10.3. The van der Waals surface area contributed by atoms with Crippen LogP contribution in [0.4, 0.5) is 23.2 Å². The molecule has 0 saturated heterocycles. The van der Waals surface area contributed by atoms with Gasteiger partial charge in [0.2, 0.25) is 9.84 Å². The van der Waals surface area contributed by atoms with E-state index in [2.05, 4.69) is 0 Å². The second-order valence-electron chi connectivity index (χ2n) is 3.83. The van der Waals surface area contributed by atoms with Crippen LogP contribution in [0.15, 0.2) is 29.2 Å². The lowest BCUT2D eigenvalue weighted by Gasteiger charge is -2.23. The molecular weight excluding hydrogens is 322 g/mol. The van der Waals surface area contributed by atoms with Crippen LogP contribution >= 0.6 is 11.6 Å². The normalized spacial score (nSPS) is 12.2. The fraction of sp³-hybridized carbons (Fsp3) is 0.455. The van der Waals surface area contributed by atoms with E-state index in [-0.39, 0.29) is 12.4 Å². The van der Waals surface area contributed by atoms with E-state index < -0.39 is 33.5 Å². The maximum absolute atomic E-state index is 12.4. The number of benzene rings is 1. The van der Waals surface area contributed by atoms with Crippen LogP contribution in [0.3, 0.4) is 0 Å². The van der Waals surface area contributed by atoms with Gasteiger partial charge in [-0.2, -0.15) is 8.78 Å². The Bertz CT molecular complexity index is 522. The Morgan fingerprint density at radius 1 is 1.10 bits per heavy atom. The summed E-state index contributed by atoms with van der Waals surface area (Å²) in [5.41, 5.74) is 0.291. The average molecular weight is 334 g/mol. The van der Waals surface area contributed by atoms with Crippen molar-refractivity contribution in [2.24, 2.45) is 0 Å². The molecule has 1 rings (SSSR count). The predicted molar refractivity (Wildman–Crippen MR) is 68.6 cm³/mol. The van der Waals surface area contributed by atoms with Gasteiger partial charge >= 0.3 is 5.76 Å². The van der Waals surface area contributed by atoms with Gasteiger partial charge in [0.05, 0.1) is 11.4 Å². The van der Waals surface area contributed by atoms with E-state index in [9.17, 15) is 26.0 Å². The topological polar surface area (TPSA) is 37.4 Å². The van der Waals surface area contributed by atoms with Crippen LogP contribution in [0.25, 0.3) is 0 Å². The Hall–Kier alpha value is -1.02. The molecule has 0 N–H and O–H groups in total. The van der Waals surface area contributed by atoms with Crippen LogP contribution in [-0.2, 0) is 9.84 Å². The highest BCUT2D eigenvalue weighted by Gasteiger charge is 2.26. The zero-order chi connectivity index (χ0) is 15.3. The second-order valence-corrected chi connectivity index (χ2v) is 6.12. The van der Waals surface area contributed by atoms with Crippen LogP contribution in [0.5, 0.6) is 0 Å². The molecule has 0 aromatic heterocycles. The highest BCUT2D eigenvalue weighted by molar-refractivity contribution is 7.91. The van der Waals surface area contributed by atoms with E-state index >= 15 is 0 Å². The molecule has 3 nitrogen and oxygen atoms in total. The van der Waals surface area contributed by atoms with Crippen molar-refractivity contribution in [2.75, 3.05) is 23.9 Å². The fourth-order valence-electron chi connectivity index (χ4n) is 1.54. The summed E-state index contributed by atoms with van der Waals surface area (Å²) in [6.07, 6.45) is -2.59.